The second-order valence-corrected chi connectivity index (χ2v) is 5.94. The zero-order valence-corrected chi connectivity index (χ0v) is 13.2. The lowest BCUT2D eigenvalue weighted by Crippen LogP contribution is -2.63. The molecule has 1 fully saturated rings. The SMILES string of the molecule is CCC(C)C1NC(=O)C(C)N(Cc2ccccc2C)C1=O. The van der Waals surface area contributed by atoms with Crippen LogP contribution in [0, 0.1) is 12.8 Å². The van der Waals surface area contributed by atoms with Gasteiger partial charge in [-0.2, -0.15) is 0 Å². The van der Waals surface area contributed by atoms with Gasteiger partial charge in [0.2, 0.25) is 11.8 Å². The van der Waals surface area contributed by atoms with Crippen molar-refractivity contribution in [1.82, 2.24) is 10.2 Å². The third-order valence-electron chi connectivity index (χ3n) is 4.51. The van der Waals surface area contributed by atoms with E-state index in [1.807, 2.05) is 45.0 Å². The first-order valence-corrected chi connectivity index (χ1v) is 7.61. The quantitative estimate of drug-likeness (QED) is 0.924. The molecule has 4 heteroatoms. The topological polar surface area (TPSA) is 49.4 Å². The molecule has 0 saturated carbocycles. The fraction of sp³-hybridized carbons (Fsp3) is 0.529. The van der Waals surface area contributed by atoms with E-state index < -0.39 is 12.1 Å². The second kappa shape index (κ2) is 6.29. The number of nitrogens with one attached hydrogen (secondary N) is 1. The fourth-order valence-corrected chi connectivity index (χ4v) is 2.65. The van der Waals surface area contributed by atoms with Crippen molar-refractivity contribution in [3.05, 3.63) is 35.4 Å². The molecule has 1 heterocycles. The predicted octanol–water partition coefficient (Wildman–Crippen LogP) is 2.26. The summed E-state index contributed by atoms with van der Waals surface area (Å²) in [7, 11) is 0. The van der Waals surface area contributed by atoms with Gasteiger partial charge >= 0.3 is 0 Å². The van der Waals surface area contributed by atoms with Crippen LogP contribution in [0.5, 0.6) is 0 Å². The summed E-state index contributed by atoms with van der Waals surface area (Å²) in [6, 6.07) is 7.17. The maximum absolute atomic E-state index is 12.7. The lowest BCUT2D eigenvalue weighted by molar-refractivity contribution is -0.150. The van der Waals surface area contributed by atoms with Gasteiger partial charge in [-0.25, -0.2) is 0 Å². The molecule has 2 amide bonds. The van der Waals surface area contributed by atoms with E-state index in [1.54, 1.807) is 11.8 Å². The van der Waals surface area contributed by atoms with Gasteiger partial charge in [0, 0.05) is 6.54 Å². The number of rotatable bonds is 4. The number of hydrogen-bond donors (Lipinski definition) is 1. The first-order valence-electron chi connectivity index (χ1n) is 7.61. The summed E-state index contributed by atoms with van der Waals surface area (Å²) < 4.78 is 0. The summed E-state index contributed by atoms with van der Waals surface area (Å²) in [5, 5.41) is 2.87. The molecular weight excluding hydrogens is 264 g/mol. The Balaban J connectivity index is 2.25. The largest absolute Gasteiger partial charge is 0.342 e. The minimum atomic E-state index is -0.419. The van der Waals surface area contributed by atoms with E-state index in [4.69, 9.17) is 0 Å². The van der Waals surface area contributed by atoms with Gasteiger partial charge < -0.3 is 10.2 Å². The lowest BCUT2D eigenvalue weighted by Gasteiger charge is -2.39. The normalized spacial score (nSPS) is 23.9. The van der Waals surface area contributed by atoms with Gasteiger partial charge in [-0.3, -0.25) is 9.59 Å². The van der Waals surface area contributed by atoms with Crippen LogP contribution in [0.15, 0.2) is 24.3 Å². The molecule has 0 aliphatic carbocycles. The Labute approximate surface area is 126 Å². The molecule has 1 aromatic carbocycles. The van der Waals surface area contributed by atoms with E-state index in [2.05, 4.69) is 5.32 Å². The van der Waals surface area contributed by atoms with Crippen LogP contribution in [0.25, 0.3) is 0 Å². The standard InChI is InChI=1S/C17H24N2O2/c1-5-11(2)15-17(21)19(13(4)16(20)18-15)10-14-9-7-6-8-12(14)3/h6-9,11,13,15H,5,10H2,1-4H3,(H,18,20). The molecule has 1 aliphatic rings. The van der Waals surface area contributed by atoms with Crippen molar-refractivity contribution in [3.8, 4) is 0 Å². The van der Waals surface area contributed by atoms with Crippen LogP contribution in [-0.2, 0) is 16.1 Å². The van der Waals surface area contributed by atoms with E-state index >= 15 is 0 Å². The van der Waals surface area contributed by atoms with Gasteiger partial charge in [-0.05, 0) is 30.9 Å². The summed E-state index contributed by atoms with van der Waals surface area (Å²) in [5.74, 6) is 0.113. The minimum Gasteiger partial charge on any atom is -0.342 e. The third-order valence-corrected chi connectivity index (χ3v) is 4.51. The van der Waals surface area contributed by atoms with Gasteiger partial charge in [0.05, 0.1) is 0 Å². The average molecular weight is 288 g/mol. The predicted molar refractivity (Wildman–Crippen MR) is 82.6 cm³/mol. The first kappa shape index (κ1) is 15.5. The molecule has 0 spiro atoms. The highest BCUT2D eigenvalue weighted by atomic mass is 16.2. The highest BCUT2D eigenvalue weighted by Crippen LogP contribution is 2.21. The summed E-state index contributed by atoms with van der Waals surface area (Å²) in [6.07, 6.45) is 0.864. The Morgan fingerprint density at radius 1 is 1.29 bits per heavy atom. The first-order chi connectivity index (χ1) is 9.95. The van der Waals surface area contributed by atoms with Crippen molar-refractivity contribution in [1.29, 1.82) is 0 Å². The minimum absolute atomic E-state index is 0.0275. The molecular formula is C17H24N2O2. The zero-order chi connectivity index (χ0) is 15.6. The summed E-state index contributed by atoms with van der Waals surface area (Å²) in [5.41, 5.74) is 2.24. The molecule has 4 nitrogen and oxygen atoms in total. The van der Waals surface area contributed by atoms with E-state index in [9.17, 15) is 9.59 Å². The van der Waals surface area contributed by atoms with Gasteiger partial charge in [0.15, 0.2) is 0 Å². The van der Waals surface area contributed by atoms with Gasteiger partial charge in [0.25, 0.3) is 0 Å². The molecule has 1 saturated heterocycles. The van der Waals surface area contributed by atoms with Gasteiger partial charge in [-0.15, -0.1) is 0 Å². The third kappa shape index (κ3) is 3.09. The van der Waals surface area contributed by atoms with Crippen LogP contribution in [-0.4, -0.2) is 28.8 Å². The van der Waals surface area contributed by atoms with Crippen LogP contribution in [0.2, 0.25) is 0 Å². The van der Waals surface area contributed by atoms with E-state index in [0.29, 0.717) is 6.54 Å². The molecule has 3 atom stereocenters. The second-order valence-electron chi connectivity index (χ2n) is 5.94. The Hall–Kier alpha value is -1.84. The molecule has 3 unspecified atom stereocenters. The van der Waals surface area contributed by atoms with Crippen LogP contribution < -0.4 is 5.32 Å². The summed E-state index contributed by atoms with van der Waals surface area (Å²) in [6.45, 7) is 8.35. The zero-order valence-electron chi connectivity index (χ0n) is 13.2. The van der Waals surface area contributed by atoms with E-state index in [0.717, 1.165) is 17.5 Å². The summed E-state index contributed by atoms with van der Waals surface area (Å²) >= 11 is 0. The maximum Gasteiger partial charge on any atom is 0.246 e. The highest BCUT2D eigenvalue weighted by molar-refractivity contribution is 5.96. The van der Waals surface area contributed by atoms with E-state index in [-0.39, 0.29) is 17.7 Å². The van der Waals surface area contributed by atoms with Crippen molar-refractivity contribution in [2.45, 2.75) is 52.7 Å². The van der Waals surface area contributed by atoms with Crippen LogP contribution in [0.1, 0.15) is 38.3 Å². The number of carbonyl (C=O) groups is 2. The van der Waals surface area contributed by atoms with Crippen LogP contribution in [0.4, 0.5) is 0 Å². The fourth-order valence-electron chi connectivity index (χ4n) is 2.65. The average Bonchev–Trinajstić information content (AvgIpc) is 2.48. The molecule has 114 valence electrons. The Kier molecular flexibility index (Phi) is 4.66. The Bertz CT molecular complexity index is 541. The molecule has 1 aromatic rings. The molecule has 1 N–H and O–H groups in total. The van der Waals surface area contributed by atoms with Crippen molar-refractivity contribution in [2.24, 2.45) is 5.92 Å². The molecule has 2 rings (SSSR count). The Morgan fingerprint density at radius 3 is 2.57 bits per heavy atom. The van der Waals surface area contributed by atoms with Crippen LogP contribution >= 0.6 is 0 Å². The number of benzene rings is 1. The Morgan fingerprint density at radius 2 is 1.95 bits per heavy atom. The highest BCUT2D eigenvalue weighted by Gasteiger charge is 2.39. The van der Waals surface area contributed by atoms with Gasteiger partial charge in [0.1, 0.15) is 12.1 Å². The lowest BCUT2D eigenvalue weighted by atomic mass is 9.94. The maximum atomic E-state index is 12.7. The number of amides is 2. The number of piperazine rings is 1. The van der Waals surface area contributed by atoms with Crippen molar-refractivity contribution in [2.75, 3.05) is 0 Å². The number of carbonyl (C=O) groups excluding carboxylic acids is 2. The molecule has 0 radical (unpaired) electrons. The molecule has 21 heavy (non-hydrogen) atoms. The number of hydrogen-bond acceptors (Lipinski definition) is 2. The number of nitrogens with zero attached hydrogens (tertiary/aromatic N) is 1. The van der Waals surface area contributed by atoms with Gasteiger partial charge in [-0.1, -0.05) is 44.5 Å². The van der Waals surface area contributed by atoms with Crippen molar-refractivity contribution < 1.29 is 9.59 Å². The smallest absolute Gasteiger partial charge is 0.246 e. The van der Waals surface area contributed by atoms with Crippen molar-refractivity contribution >= 4 is 11.8 Å². The van der Waals surface area contributed by atoms with Crippen molar-refractivity contribution in [3.63, 3.8) is 0 Å². The number of aryl methyl sites for hydroxylation is 1. The monoisotopic (exact) mass is 288 g/mol. The molecule has 1 aliphatic heterocycles. The van der Waals surface area contributed by atoms with Crippen LogP contribution in [0.3, 0.4) is 0 Å². The van der Waals surface area contributed by atoms with E-state index in [1.165, 1.54) is 0 Å². The molecule has 0 bridgehead atoms. The summed E-state index contributed by atoms with van der Waals surface area (Å²) in [4.78, 5) is 26.6. The molecule has 0 aromatic heterocycles.